The molecule has 0 spiro atoms. The molecule has 2 atom stereocenters. The van der Waals surface area contributed by atoms with Gasteiger partial charge in [-0.05, 0) is 122 Å². The van der Waals surface area contributed by atoms with Crippen LogP contribution in [0.1, 0.15) is 121 Å². The van der Waals surface area contributed by atoms with Gasteiger partial charge in [0, 0.05) is 23.2 Å². The van der Waals surface area contributed by atoms with Gasteiger partial charge in [0.2, 0.25) is 0 Å². The molecule has 268 valence electrons. The van der Waals surface area contributed by atoms with Crippen LogP contribution in [0, 0.1) is 10.8 Å². The molecule has 2 heteroatoms. The molecule has 2 fully saturated rings. The summed E-state index contributed by atoms with van der Waals surface area (Å²) >= 11 is 0. The fourth-order valence-electron chi connectivity index (χ4n) is 8.35. The van der Waals surface area contributed by atoms with Crippen molar-refractivity contribution in [2.75, 3.05) is 7.05 Å². The molecule has 0 unspecified atom stereocenters. The summed E-state index contributed by atoms with van der Waals surface area (Å²) in [4.78, 5) is 16.2. The average Bonchev–Trinajstić information content (AvgIpc) is 3.33. The van der Waals surface area contributed by atoms with E-state index in [0.717, 1.165) is 35.1 Å². The van der Waals surface area contributed by atoms with Crippen molar-refractivity contribution in [1.29, 1.82) is 0 Å². The highest BCUT2D eigenvalue weighted by Gasteiger charge is 2.44. The van der Waals surface area contributed by atoms with E-state index in [0.29, 0.717) is 0 Å². The minimum absolute atomic E-state index is 0.191. The first-order valence-electron chi connectivity index (χ1n) is 19.1. The lowest BCUT2D eigenvalue weighted by Gasteiger charge is -2.34. The molecule has 2 saturated heterocycles. The van der Waals surface area contributed by atoms with Gasteiger partial charge in [-0.25, -0.2) is 0 Å². The van der Waals surface area contributed by atoms with E-state index in [1.165, 1.54) is 72.0 Å². The number of fused-ring (bicyclic) bond motifs is 2. The van der Waals surface area contributed by atoms with Crippen molar-refractivity contribution in [2.24, 2.45) is 10.8 Å². The van der Waals surface area contributed by atoms with Crippen LogP contribution in [0.25, 0.3) is 0 Å². The van der Waals surface area contributed by atoms with Crippen LogP contribution >= 0.6 is 0 Å². The van der Waals surface area contributed by atoms with Gasteiger partial charge in [0.1, 0.15) is 0 Å². The van der Waals surface area contributed by atoms with Gasteiger partial charge in [-0.1, -0.05) is 146 Å². The van der Waals surface area contributed by atoms with Crippen LogP contribution in [0.3, 0.4) is 0 Å². The minimum atomic E-state index is 0.191. The largest absolute Gasteiger partial charge is 0.292 e. The first-order chi connectivity index (χ1) is 23.6. The van der Waals surface area contributed by atoms with Crippen molar-refractivity contribution in [3.05, 3.63) is 141 Å². The summed E-state index contributed by atoms with van der Waals surface area (Å²) in [5.74, 6) is 0.198. The van der Waals surface area contributed by atoms with E-state index in [-0.39, 0.29) is 28.7 Å². The number of piperidine rings is 1. The van der Waals surface area contributed by atoms with Gasteiger partial charge in [-0.3, -0.25) is 9.69 Å². The van der Waals surface area contributed by atoms with Gasteiger partial charge in [0.05, 0.1) is 0 Å². The molecule has 0 amide bonds. The lowest BCUT2D eigenvalue weighted by Crippen LogP contribution is -2.43. The quantitative estimate of drug-likeness (QED) is 0.170. The highest BCUT2D eigenvalue weighted by molar-refractivity contribution is 6.11. The van der Waals surface area contributed by atoms with Crippen LogP contribution in [0.5, 0.6) is 0 Å². The number of nitrogens with zero attached hydrogens (tertiary/aromatic N) is 1. The first kappa shape index (κ1) is 39.3. The van der Waals surface area contributed by atoms with E-state index in [9.17, 15) is 4.79 Å². The number of hydrogen-bond acceptors (Lipinski definition) is 2. The van der Waals surface area contributed by atoms with Gasteiger partial charge < -0.3 is 0 Å². The Morgan fingerprint density at radius 1 is 0.620 bits per heavy atom. The van der Waals surface area contributed by atoms with E-state index in [1.54, 1.807) is 0 Å². The van der Waals surface area contributed by atoms with Crippen LogP contribution < -0.4 is 0 Å². The zero-order valence-electron chi connectivity index (χ0n) is 33.2. The number of rotatable bonds is 10. The van der Waals surface area contributed by atoms with Gasteiger partial charge in [0.25, 0.3) is 0 Å². The van der Waals surface area contributed by atoms with Crippen molar-refractivity contribution in [2.45, 2.75) is 133 Å². The van der Waals surface area contributed by atoms with Crippen LogP contribution in [0.2, 0.25) is 0 Å². The number of likely N-dealkylation sites (N-methyl/N-ethyl adjacent to an activating group) is 1. The van der Waals surface area contributed by atoms with Crippen LogP contribution in [-0.2, 0) is 4.79 Å². The molecule has 0 aromatic rings. The Balaban J connectivity index is 1.42. The minimum Gasteiger partial charge on any atom is -0.292 e. The number of carbonyl (C=O) groups excluding carboxylic acids is 1. The van der Waals surface area contributed by atoms with Crippen LogP contribution in [-0.4, -0.2) is 29.8 Å². The second kappa shape index (κ2) is 17.1. The molecule has 2 heterocycles. The molecule has 2 aliphatic carbocycles. The van der Waals surface area contributed by atoms with E-state index < -0.39 is 0 Å². The number of hydrogen-bond donors (Lipinski definition) is 0. The summed E-state index contributed by atoms with van der Waals surface area (Å²) in [6.07, 6.45) is 39.9. The Hall–Kier alpha value is -3.49. The Bertz CT molecular complexity index is 1550. The smallest absolute Gasteiger partial charge is 0.188 e. The Labute approximate surface area is 306 Å². The fraction of sp³-hybridized carbons (Fsp3) is 0.479. The molecular formula is C48H65NO. The standard InChI is InChI=1S/C48H65NO/c1-34(16-12-18-36(3)24-28-42-38(5)20-14-32-47(42,7)8)22-26-40-44-30-31-45(49(44)11)41(46(40)50)27-23-35(2)17-13-19-37(4)25-29-43-39(6)21-15-33-48(43,9)10/h12-13,16-19,22-29,44-45H,14-15,20-21,30-33H2,1-11H3/b16-12+,17-13+,28-24+,29-25+,34-22+,35-23+,36-18+,37-19+,40-26+,41-27+/t44-,45-/m0/s1. The molecule has 2 aliphatic heterocycles. The molecule has 0 radical (unpaired) electrons. The molecule has 0 N–H and O–H groups in total. The molecule has 4 rings (SSSR count). The number of Topliss-reactive ketones (excluding diaryl/α,β-unsaturated/α-hetero) is 1. The number of ketones is 1. The predicted octanol–water partition coefficient (Wildman–Crippen LogP) is 12.9. The second-order valence-electron chi connectivity index (χ2n) is 16.7. The number of carbonyl (C=O) groups is 1. The summed E-state index contributed by atoms with van der Waals surface area (Å²) < 4.78 is 0. The van der Waals surface area contributed by atoms with Crippen molar-refractivity contribution in [1.82, 2.24) is 4.90 Å². The van der Waals surface area contributed by atoms with E-state index in [2.05, 4.69) is 166 Å². The van der Waals surface area contributed by atoms with Gasteiger partial charge in [-0.2, -0.15) is 0 Å². The zero-order chi connectivity index (χ0) is 36.6. The molecule has 50 heavy (non-hydrogen) atoms. The normalized spacial score (nSPS) is 27.6. The highest BCUT2D eigenvalue weighted by Crippen LogP contribution is 2.42. The van der Waals surface area contributed by atoms with Gasteiger partial charge in [-0.15, -0.1) is 0 Å². The third-order valence-electron chi connectivity index (χ3n) is 11.5. The summed E-state index contributed by atoms with van der Waals surface area (Å²) in [6, 6.07) is 0.383. The molecule has 2 nitrogen and oxygen atoms in total. The topological polar surface area (TPSA) is 20.3 Å². The van der Waals surface area contributed by atoms with Crippen LogP contribution in [0.4, 0.5) is 0 Å². The van der Waals surface area contributed by atoms with Crippen molar-refractivity contribution in [3.63, 3.8) is 0 Å². The third kappa shape index (κ3) is 10.1. The van der Waals surface area contributed by atoms with E-state index >= 15 is 0 Å². The fourth-order valence-corrected chi connectivity index (χ4v) is 8.35. The molecule has 2 bridgehead atoms. The maximum atomic E-state index is 13.8. The maximum absolute atomic E-state index is 13.8. The first-order valence-corrected chi connectivity index (χ1v) is 19.1. The number of allylic oxidation sites excluding steroid dienone is 22. The third-order valence-corrected chi connectivity index (χ3v) is 11.5. The zero-order valence-corrected chi connectivity index (χ0v) is 33.2. The Morgan fingerprint density at radius 2 is 1.00 bits per heavy atom. The molecule has 4 aliphatic rings. The van der Waals surface area contributed by atoms with E-state index in [4.69, 9.17) is 0 Å². The van der Waals surface area contributed by atoms with Gasteiger partial charge >= 0.3 is 0 Å². The Kier molecular flexibility index (Phi) is 13.5. The van der Waals surface area contributed by atoms with E-state index in [1.807, 2.05) is 0 Å². The average molecular weight is 672 g/mol. The van der Waals surface area contributed by atoms with Gasteiger partial charge in [0.15, 0.2) is 5.78 Å². The molecular weight excluding hydrogens is 607 g/mol. The predicted molar refractivity (Wildman–Crippen MR) is 218 cm³/mol. The summed E-state index contributed by atoms with van der Waals surface area (Å²) in [5.41, 5.74) is 13.1. The highest BCUT2D eigenvalue weighted by atomic mass is 16.1. The Morgan fingerprint density at radius 3 is 1.38 bits per heavy atom. The van der Waals surface area contributed by atoms with Crippen molar-refractivity contribution < 1.29 is 4.79 Å². The molecule has 0 saturated carbocycles. The molecule has 0 aromatic carbocycles. The monoisotopic (exact) mass is 672 g/mol. The van der Waals surface area contributed by atoms with Crippen molar-refractivity contribution >= 4 is 5.78 Å². The second-order valence-corrected chi connectivity index (χ2v) is 16.7. The summed E-state index contributed by atoms with van der Waals surface area (Å²) in [7, 11) is 2.17. The maximum Gasteiger partial charge on any atom is 0.188 e. The summed E-state index contributed by atoms with van der Waals surface area (Å²) in [5, 5.41) is 0. The van der Waals surface area contributed by atoms with Crippen LogP contribution in [0.15, 0.2) is 141 Å². The SMILES string of the molecule is CC1=C(/C=C/C(C)=C/C=C/C(C)=C/C=C2/C(=O)/C(=C/C=C(C)/C=C/C=C(C)/C=C/C3=C(C)CCCC3(C)C)[C@@H]3CC[C@@H]2N3C)C(C)(C)CCC1. The lowest BCUT2D eigenvalue weighted by molar-refractivity contribution is -0.114. The summed E-state index contributed by atoms with van der Waals surface area (Å²) in [6.45, 7) is 22.6. The van der Waals surface area contributed by atoms with Crippen molar-refractivity contribution in [3.8, 4) is 0 Å². The lowest BCUT2D eigenvalue weighted by atomic mass is 9.72. The molecule has 0 aromatic heterocycles.